The summed E-state index contributed by atoms with van der Waals surface area (Å²) in [6.07, 6.45) is 4.12. The van der Waals surface area contributed by atoms with Crippen LogP contribution in [0.1, 0.15) is 61.1 Å². The van der Waals surface area contributed by atoms with E-state index in [4.69, 9.17) is 34.7 Å². The Morgan fingerprint density at radius 3 is 1.28 bits per heavy atom. The molecule has 0 heterocycles. The lowest BCUT2D eigenvalue weighted by atomic mass is 9.90. The smallest absolute Gasteiger partial charge is 0.0496 e. The number of nitrogens with two attached hydrogens (primary N) is 2. The summed E-state index contributed by atoms with van der Waals surface area (Å²) >= 11 is 13.5. The van der Waals surface area contributed by atoms with Crippen molar-refractivity contribution in [3.63, 3.8) is 0 Å². The van der Waals surface area contributed by atoms with Crippen molar-refractivity contribution in [3.05, 3.63) is 55.6 Å². The van der Waals surface area contributed by atoms with Crippen molar-refractivity contribution in [1.82, 2.24) is 0 Å². The van der Waals surface area contributed by atoms with E-state index < -0.39 is 0 Å². The third kappa shape index (κ3) is 3.75. The summed E-state index contributed by atoms with van der Waals surface area (Å²) < 4.78 is 0. The van der Waals surface area contributed by atoms with Gasteiger partial charge in [-0.25, -0.2) is 0 Å². The third-order valence-electron chi connectivity index (χ3n) is 5.01. The minimum atomic E-state index is 0.713. The first kappa shape index (κ1) is 19.9. The summed E-state index contributed by atoms with van der Waals surface area (Å²) in [6, 6.07) is 4.13. The summed E-state index contributed by atoms with van der Waals surface area (Å²) in [6.45, 7) is 8.41. The molecule has 2 rings (SSSR count). The highest BCUT2D eigenvalue weighted by atomic mass is 35.5. The van der Waals surface area contributed by atoms with Crippen LogP contribution in [-0.4, -0.2) is 0 Å². The number of nitrogen functional groups attached to an aromatic ring is 2. The van der Waals surface area contributed by atoms with Gasteiger partial charge in [0.15, 0.2) is 0 Å². The zero-order chi connectivity index (χ0) is 18.7. The maximum absolute atomic E-state index is 6.75. The predicted octanol–water partition coefficient (Wildman–Crippen LogP) is 6.00. The molecule has 4 N–H and O–H groups in total. The zero-order valence-electron chi connectivity index (χ0n) is 15.6. The van der Waals surface area contributed by atoms with Crippen molar-refractivity contribution >= 4 is 34.6 Å². The molecule has 25 heavy (non-hydrogen) atoms. The molecule has 0 saturated carbocycles. The van der Waals surface area contributed by atoms with Crippen LogP contribution in [0.15, 0.2) is 12.1 Å². The Bertz CT molecular complexity index is 717. The summed E-state index contributed by atoms with van der Waals surface area (Å²) in [5.41, 5.74) is 20.6. The molecule has 2 aromatic carbocycles. The number of benzene rings is 2. The minimum Gasteiger partial charge on any atom is -0.398 e. The van der Waals surface area contributed by atoms with Crippen molar-refractivity contribution in [3.8, 4) is 0 Å². The van der Waals surface area contributed by atoms with Crippen LogP contribution in [0.3, 0.4) is 0 Å². The standard InChI is InChI=1S/C21H28Cl2N2/c1-5-12-9-18(24)14(7-3)20(22)16(12)11-17-13(6-2)10-19(25)15(8-4)21(17)23/h9-10H,5-8,11,24-25H2,1-4H3. The maximum atomic E-state index is 6.75. The van der Waals surface area contributed by atoms with Crippen LogP contribution in [-0.2, 0) is 32.1 Å². The molecule has 2 nitrogen and oxygen atoms in total. The van der Waals surface area contributed by atoms with Crippen LogP contribution in [0.5, 0.6) is 0 Å². The van der Waals surface area contributed by atoms with E-state index >= 15 is 0 Å². The molecule has 0 fully saturated rings. The Morgan fingerprint density at radius 2 is 1.00 bits per heavy atom. The quantitative estimate of drug-likeness (QED) is 0.605. The largest absolute Gasteiger partial charge is 0.398 e. The lowest BCUT2D eigenvalue weighted by Crippen LogP contribution is -2.07. The van der Waals surface area contributed by atoms with Crippen molar-refractivity contribution in [1.29, 1.82) is 0 Å². The van der Waals surface area contributed by atoms with Crippen LogP contribution >= 0.6 is 23.2 Å². The zero-order valence-corrected chi connectivity index (χ0v) is 17.1. The number of hydrogen-bond donors (Lipinski definition) is 2. The van der Waals surface area contributed by atoms with Crippen LogP contribution in [0, 0.1) is 0 Å². The highest BCUT2D eigenvalue weighted by Gasteiger charge is 2.19. The van der Waals surface area contributed by atoms with E-state index in [2.05, 4.69) is 39.8 Å². The van der Waals surface area contributed by atoms with Gasteiger partial charge >= 0.3 is 0 Å². The number of hydrogen-bond acceptors (Lipinski definition) is 2. The van der Waals surface area contributed by atoms with Gasteiger partial charge in [-0.05, 0) is 71.2 Å². The molecular weight excluding hydrogens is 351 g/mol. The van der Waals surface area contributed by atoms with E-state index in [-0.39, 0.29) is 0 Å². The molecule has 0 saturated heterocycles. The second-order valence-corrected chi connectivity index (χ2v) is 7.14. The van der Waals surface area contributed by atoms with Crippen molar-refractivity contribution in [2.24, 2.45) is 0 Å². The van der Waals surface area contributed by atoms with E-state index in [1.165, 1.54) is 11.1 Å². The van der Waals surface area contributed by atoms with Crippen molar-refractivity contribution in [2.45, 2.75) is 59.8 Å². The number of halogens is 2. The minimum absolute atomic E-state index is 0.713. The van der Waals surface area contributed by atoms with E-state index in [0.29, 0.717) is 6.42 Å². The molecule has 4 heteroatoms. The molecule has 0 bridgehead atoms. The second kappa shape index (κ2) is 8.33. The second-order valence-electron chi connectivity index (χ2n) is 6.38. The molecule has 0 aliphatic heterocycles. The Labute approximate surface area is 161 Å². The molecular formula is C21H28Cl2N2. The average Bonchev–Trinajstić information content (AvgIpc) is 2.59. The lowest BCUT2D eigenvalue weighted by Gasteiger charge is -2.20. The average molecular weight is 379 g/mol. The summed E-state index contributed by atoms with van der Waals surface area (Å²) in [7, 11) is 0. The van der Waals surface area contributed by atoms with Gasteiger partial charge in [0.25, 0.3) is 0 Å². The molecule has 0 aliphatic rings. The molecule has 0 aliphatic carbocycles. The molecule has 136 valence electrons. The summed E-state index contributed by atoms with van der Waals surface area (Å²) in [5.74, 6) is 0. The monoisotopic (exact) mass is 378 g/mol. The number of rotatable bonds is 6. The molecule has 0 unspecified atom stereocenters. The van der Waals surface area contributed by atoms with E-state index in [1.54, 1.807) is 0 Å². The summed E-state index contributed by atoms with van der Waals surface area (Å²) in [4.78, 5) is 0. The van der Waals surface area contributed by atoms with Crippen LogP contribution in [0.2, 0.25) is 10.0 Å². The van der Waals surface area contributed by atoms with Gasteiger partial charge in [-0.15, -0.1) is 0 Å². The SMILES string of the molecule is CCc1cc(N)c(CC)c(Cl)c1Cc1c(CC)cc(N)c(CC)c1Cl. The van der Waals surface area contributed by atoms with Gasteiger partial charge < -0.3 is 11.5 Å². The fraction of sp³-hybridized carbons (Fsp3) is 0.429. The number of aryl methyl sites for hydroxylation is 2. The lowest BCUT2D eigenvalue weighted by molar-refractivity contribution is 1.00. The van der Waals surface area contributed by atoms with Gasteiger partial charge in [-0.2, -0.15) is 0 Å². The predicted molar refractivity (Wildman–Crippen MR) is 112 cm³/mol. The first-order chi connectivity index (χ1) is 11.9. The van der Waals surface area contributed by atoms with Crippen molar-refractivity contribution < 1.29 is 0 Å². The van der Waals surface area contributed by atoms with Gasteiger partial charge in [0.2, 0.25) is 0 Å². The Kier molecular flexibility index (Phi) is 6.65. The van der Waals surface area contributed by atoms with Crippen LogP contribution < -0.4 is 11.5 Å². The first-order valence-corrected chi connectivity index (χ1v) is 9.82. The highest BCUT2D eigenvalue weighted by molar-refractivity contribution is 6.33. The molecule has 2 aromatic rings. The van der Waals surface area contributed by atoms with E-state index in [9.17, 15) is 0 Å². The van der Waals surface area contributed by atoms with Gasteiger partial charge in [0.1, 0.15) is 0 Å². The number of anilines is 2. The molecule has 0 amide bonds. The molecule has 0 radical (unpaired) electrons. The maximum Gasteiger partial charge on any atom is 0.0496 e. The Morgan fingerprint density at radius 1 is 0.640 bits per heavy atom. The van der Waals surface area contributed by atoms with Gasteiger partial charge in [0, 0.05) is 27.8 Å². The van der Waals surface area contributed by atoms with Crippen molar-refractivity contribution in [2.75, 3.05) is 11.5 Å². The topological polar surface area (TPSA) is 52.0 Å². The van der Waals surface area contributed by atoms with Gasteiger partial charge in [0.05, 0.1) is 0 Å². The Balaban J connectivity index is 2.68. The van der Waals surface area contributed by atoms with Gasteiger partial charge in [-0.3, -0.25) is 0 Å². The van der Waals surface area contributed by atoms with Crippen LogP contribution in [0.4, 0.5) is 11.4 Å². The van der Waals surface area contributed by atoms with E-state index in [0.717, 1.165) is 69.4 Å². The highest BCUT2D eigenvalue weighted by Crippen LogP contribution is 2.37. The van der Waals surface area contributed by atoms with E-state index in [1.807, 2.05) is 0 Å². The molecule has 0 spiro atoms. The normalized spacial score (nSPS) is 11.1. The Hall–Kier alpha value is -1.38. The fourth-order valence-corrected chi connectivity index (χ4v) is 4.39. The fourth-order valence-electron chi connectivity index (χ4n) is 3.53. The molecule has 0 atom stereocenters. The molecule has 0 aromatic heterocycles. The van der Waals surface area contributed by atoms with Crippen LogP contribution in [0.25, 0.3) is 0 Å². The summed E-state index contributed by atoms with van der Waals surface area (Å²) in [5, 5.41) is 1.57. The first-order valence-electron chi connectivity index (χ1n) is 9.06. The third-order valence-corrected chi connectivity index (χ3v) is 5.93. The van der Waals surface area contributed by atoms with Gasteiger partial charge in [-0.1, -0.05) is 50.9 Å².